The van der Waals surface area contributed by atoms with Gasteiger partial charge in [-0.05, 0) is 12.5 Å². The molecule has 108 valence electrons. The number of hydrogen-bond donors (Lipinski definition) is 1. The fourth-order valence-electron chi connectivity index (χ4n) is 2.99. The fourth-order valence-corrected chi connectivity index (χ4v) is 4.22. The maximum Gasteiger partial charge on any atom is 0.212 e. The lowest BCUT2D eigenvalue weighted by atomic mass is 9.98. The molecule has 4 nitrogen and oxygen atoms in total. The molecule has 1 unspecified atom stereocenters. The molecule has 3 heterocycles. The molecule has 0 aliphatic carbocycles. The van der Waals surface area contributed by atoms with Crippen molar-refractivity contribution in [3.8, 4) is 0 Å². The number of aromatic nitrogens is 3. The largest absolute Gasteiger partial charge is 0.305 e. The predicted octanol–water partition coefficient (Wildman–Crippen LogP) is 2.90. The summed E-state index contributed by atoms with van der Waals surface area (Å²) in [5.41, 5.74) is 3.96. The third-order valence-electron chi connectivity index (χ3n) is 4.03. The molecule has 1 aromatic carbocycles. The first-order valence-corrected chi connectivity index (χ1v) is 8.25. The van der Waals surface area contributed by atoms with Crippen LogP contribution in [0, 0.1) is 6.92 Å². The average molecular weight is 298 g/mol. The van der Waals surface area contributed by atoms with Gasteiger partial charge in [-0.1, -0.05) is 48.1 Å². The fraction of sp³-hybridized carbons (Fsp3) is 0.375. The predicted molar refractivity (Wildman–Crippen MR) is 85.0 cm³/mol. The third-order valence-corrected chi connectivity index (χ3v) is 5.16. The van der Waals surface area contributed by atoms with Crippen LogP contribution in [0.15, 0.2) is 24.3 Å². The summed E-state index contributed by atoms with van der Waals surface area (Å²) in [6, 6.07) is 9.01. The summed E-state index contributed by atoms with van der Waals surface area (Å²) in [7, 11) is 0. The summed E-state index contributed by atoms with van der Waals surface area (Å²) >= 11 is 1.77. The highest BCUT2D eigenvalue weighted by Gasteiger charge is 2.27. The number of rotatable bonds is 2. The van der Waals surface area contributed by atoms with Crippen LogP contribution in [-0.2, 0) is 12.8 Å². The molecular weight excluding hydrogens is 280 g/mol. The Kier molecular flexibility index (Phi) is 3.05. The van der Waals surface area contributed by atoms with Gasteiger partial charge < -0.3 is 5.32 Å². The zero-order chi connectivity index (χ0) is 14.4. The van der Waals surface area contributed by atoms with Crippen LogP contribution in [0.2, 0.25) is 0 Å². The Morgan fingerprint density at radius 3 is 3.14 bits per heavy atom. The molecule has 0 fully saturated rings. The van der Waals surface area contributed by atoms with Gasteiger partial charge in [0.15, 0.2) is 5.82 Å². The van der Waals surface area contributed by atoms with Crippen molar-refractivity contribution < 1.29 is 0 Å². The number of nitrogens with one attached hydrogen (secondary N) is 1. The quantitative estimate of drug-likeness (QED) is 0.791. The van der Waals surface area contributed by atoms with E-state index in [1.54, 1.807) is 11.3 Å². The van der Waals surface area contributed by atoms with E-state index in [2.05, 4.69) is 58.0 Å². The number of aryl methyl sites for hydroxylation is 2. The Morgan fingerprint density at radius 2 is 2.33 bits per heavy atom. The molecule has 0 saturated heterocycles. The number of fused-ring (bicyclic) bond motifs is 3. The molecule has 1 aliphatic heterocycles. The Labute approximate surface area is 127 Å². The second-order valence-corrected chi connectivity index (χ2v) is 6.55. The van der Waals surface area contributed by atoms with Crippen molar-refractivity contribution in [2.75, 3.05) is 6.54 Å². The van der Waals surface area contributed by atoms with Crippen LogP contribution in [-0.4, -0.2) is 21.1 Å². The van der Waals surface area contributed by atoms with Crippen LogP contribution in [0.25, 0.3) is 4.96 Å². The smallest absolute Gasteiger partial charge is 0.212 e. The first kappa shape index (κ1) is 13.0. The minimum Gasteiger partial charge on any atom is -0.305 e. The van der Waals surface area contributed by atoms with E-state index in [1.165, 1.54) is 21.7 Å². The molecule has 2 aromatic heterocycles. The first-order chi connectivity index (χ1) is 10.3. The van der Waals surface area contributed by atoms with Gasteiger partial charge in [-0.25, -0.2) is 9.50 Å². The molecule has 21 heavy (non-hydrogen) atoms. The van der Waals surface area contributed by atoms with Gasteiger partial charge in [-0.15, -0.1) is 0 Å². The highest BCUT2D eigenvalue weighted by atomic mass is 32.1. The molecular formula is C16H18N4S. The normalized spacial score (nSPS) is 18.1. The number of thiazole rings is 1. The minimum atomic E-state index is 0.271. The van der Waals surface area contributed by atoms with Crippen molar-refractivity contribution in [3.63, 3.8) is 0 Å². The monoisotopic (exact) mass is 298 g/mol. The van der Waals surface area contributed by atoms with Gasteiger partial charge in [0.1, 0.15) is 0 Å². The van der Waals surface area contributed by atoms with E-state index >= 15 is 0 Å². The van der Waals surface area contributed by atoms with Crippen LogP contribution in [0.4, 0.5) is 0 Å². The van der Waals surface area contributed by atoms with Crippen LogP contribution in [0.3, 0.4) is 0 Å². The van der Waals surface area contributed by atoms with Crippen LogP contribution in [0.5, 0.6) is 0 Å². The van der Waals surface area contributed by atoms with Crippen LogP contribution >= 0.6 is 11.3 Å². The Morgan fingerprint density at radius 1 is 1.43 bits per heavy atom. The molecule has 1 aliphatic rings. The van der Waals surface area contributed by atoms with Gasteiger partial charge in [0.2, 0.25) is 4.96 Å². The van der Waals surface area contributed by atoms with Crippen molar-refractivity contribution in [2.24, 2.45) is 0 Å². The lowest BCUT2D eigenvalue weighted by Gasteiger charge is -2.24. The van der Waals surface area contributed by atoms with Gasteiger partial charge in [0.25, 0.3) is 0 Å². The van der Waals surface area contributed by atoms with Crippen LogP contribution in [0.1, 0.15) is 40.5 Å². The highest BCUT2D eigenvalue weighted by Crippen LogP contribution is 2.35. The summed E-state index contributed by atoms with van der Waals surface area (Å²) in [4.78, 5) is 7.02. The number of benzene rings is 1. The van der Waals surface area contributed by atoms with Gasteiger partial charge >= 0.3 is 0 Å². The van der Waals surface area contributed by atoms with Crippen molar-refractivity contribution in [2.45, 2.75) is 32.7 Å². The lowest BCUT2D eigenvalue weighted by molar-refractivity contribution is 0.561. The van der Waals surface area contributed by atoms with E-state index in [9.17, 15) is 0 Å². The molecule has 4 rings (SSSR count). The maximum absolute atomic E-state index is 4.64. The van der Waals surface area contributed by atoms with Gasteiger partial charge in [-0.2, -0.15) is 5.10 Å². The molecule has 0 spiro atoms. The van der Waals surface area contributed by atoms with Crippen molar-refractivity contribution >= 4 is 16.3 Å². The molecule has 0 radical (unpaired) electrons. The summed E-state index contributed by atoms with van der Waals surface area (Å²) in [6.45, 7) is 5.23. The highest BCUT2D eigenvalue weighted by molar-refractivity contribution is 7.17. The summed E-state index contributed by atoms with van der Waals surface area (Å²) in [5.74, 6) is 0.940. The van der Waals surface area contributed by atoms with Crippen LogP contribution < -0.4 is 5.32 Å². The number of hydrogen-bond acceptors (Lipinski definition) is 4. The molecule has 3 aromatic rings. The second kappa shape index (κ2) is 4.93. The summed E-state index contributed by atoms with van der Waals surface area (Å²) < 4.78 is 2.06. The average Bonchev–Trinajstić information content (AvgIpc) is 3.04. The molecule has 0 amide bonds. The van der Waals surface area contributed by atoms with E-state index < -0.39 is 0 Å². The molecule has 1 atom stereocenters. The zero-order valence-corrected chi connectivity index (χ0v) is 13.1. The minimum absolute atomic E-state index is 0.271. The summed E-state index contributed by atoms with van der Waals surface area (Å²) in [6.07, 6.45) is 1.91. The molecule has 0 bridgehead atoms. The molecule has 0 saturated carbocycles. The van der Waals surface area contributed by atoms with Gasteiger partial charge in [0, 0.05) is 19.4 Å². The van der Waals surface area contributed by atoms with Gasteiger partial charge in [0.05, 0.1) is 16.6 Å². The maximum atomic E-state index is 4.64. The van der Waals surface area contributed by atoms with Crippen molar-refractivity contribution in [3.05, 3.63) is 51.8 Å². The SMILES string of the molecule is CCc1nc2sc3c(n2n1)CCNC3c1cccc(C)c1. The Bertz CT molecular complexity index is 802. The Hall–Kier alpha value is -1.72. The second-order valence-electron chi connectivity index (χ2n) is 5.54. The van der Waals surface area contributed by atoms with E-state index in [0.717, 1.165) is 30.2 Å². The first-order valence-electron chi connectivity index (χ1n) is 7.43. The van der Waals surface area contributed by atoms with E-state index in [0.29, 0.717) is 0 Å². The van der Waals surface area contributed by atoms with E-state index in [4.69, 9.17) is 0 Å². The van der Waals surface area contributed by atoms with E-state index in [1.807, 2.05) is 0 Å². The summed E-state index contributed by atoms with van der Waals surface area (Å²) in [5, 5.41) is 8.28. The lowest BCUT2D eigenvalue weighted by Crippen LogP contribution is -2.30. The van der Waals surface area contributed by atoms with E-state index in [-0.39, 0.29) is 6.04 Å². The topological polar surface area (TPSA) is 42.2 Å². The Balaban J connectivity index is 1.84. The van der Waals surface area contributed by atoms with Gasteiger partial charge in [-0.3, -0.25) is 0 Å². The standard InChI is InChI=1S/C16H18N4S/c1-3-13-18-16-20(19-13)12-7-8-17-14(15(12)21-16)11-6-4-5-10(2)9-11/h4-6,9,14,17H,3,7-8H2,1-2H3. The third kappa shape index (κ3) is 2.08. The molecule has 1 N–H and O–H groups in total. The van der Waals surface area contributed by atoms with Crippen molar-refractivity contribution in [1.82, 2.24) is 19.9 Å². The zero-order valence-electron chi connectivity index (χ0n) is 12.3. The molecule has 5 heteroatoms. The number of nitrogens with zero attached hydrogens (tertiary/aromatic N) is 3. The van der Waals surface area contributed by atoms with Crippen molar-refractivity contribution in [1.29, 1.82) is 0 Å².